The van der Waals surface area contributed by atoms with Gasteiger partial charge in [0.2, 0.25) is 5.91 Å². The Bertz CT molecular complexity index is 1480. The average molecular weight is 431 g/mol. The van der Waals surface area contributed by atoms with Crippen molar-refractivity contribution in [3.8, 4) is 16.9 Å². The van der Waals surface area contributed by atoms with Crippen molar-refractivity contribution < 1.29 is 18.0 Å². The maximum absolute atomic E-state index is 13.6. The summed E-state index contributed by atoms with van der Waals surface area (Å²) >= 11 is 0. The van der Waals surface area contributed by atoms with E-state index in [0.717, 1.165) is 27.6 Å². The summed E-state index contributed by atoms with van der Waals surface area (Å²) in [5, 5.41) is 7.54. The molecule has 0 spiro atoms. The van der Waals surface area contributed by atoms with E-state index in [1.807, 2.05) is 48.5 Å². The van der Waals surface area contributed by atoms with Crippen LogP contribution in [0.3, 0.4) is 0 Å². The number of amides is 1. The largest absolute Gasteiger partial charge is 0.435 e. The van der Waals surface area contributed by atoms with Crippen molar-refractivity contribution in [2.24, 2.45) is 5.73 Å². The number of primary amides is 1. The Labute approximate surface area is 180 Å². The number of fused-ring (bicyclic) bond motifs is 3. The van der Waals surface area contributed by atoms with Crippen molar-refractivity contribution in [2.45, 2.75) is 6.18 Å². The molecule has 0 radical (unpaired) electrons. The second-order valence-corrected chi connectivity index (χ2v) is 7.43. The van der Waals surface area contributed by atoms with E-state index < -0.39 is 17.8 Å². The van der Waals surface area contributed by atoms with Crippen LogP contribution in [0, 0.1) is 0 Å². The van der Waals surface area contributed by atoms with Crippen LogP contribution in [-0.4, -0.2) is 15.7 Å². The SMILES string of the molecule is NC(=O)c1ccc(-n2nc(C(F)(F)F)cc2-c2cccc3ccc4ccccc4c23)cc1. The van der Waals surface area contributed by atoms with Crippen molar-refractivity contribution in [1.82, 2.24) is 9.78 Å². The van der Waals surface area contributed by atoms with Gasteiger partial charge in [0.15, 0.2) is 5.69 Å². The maximum atomic E-state index is 13.6. The Morgan fingerprint density at radius 2 is 1.53 bits per heavy atom. The number of benzene rings is 4. The van der Waals surface area contributed by atoms with Gasteiger partial charge in [0.05, 0.1) is 11.4 Å². The molecule has 32 heavy (non-hydrogen) atoms. The molecule has 1 amide bonds. The number of alkyl halides is 3. The molecule has 5 aromatic rings. The van der Waals surface area contributed by atoms with E-state index in [-0.39, 0.29) is 5.56 Å². The summed E-state index contributed by atoms with van der Waals surface area (Å²) in [6, 6.07) is 24.3. The summed E-state index contributed by atoms with van der Waals surface area (Å²) in [5.74, 6) is -0.617. The smallest absolute Gasteiger partial charge is 0.366 e. The van der Waals surface area contributed by atoms with Crippen LogP contribution in [0.25, 0.3) is 38.5 Å². The maximum Gasteiger partial charge on any atom is 0.435 e. The van der Waals surface area contributed by atoms with Crippen molar-refractivity contribution >= 4 is 27.5 Å². The Kier molecular flexibility index (Phi) is 4.48. The first-order chi connectivity index (χ1) is 15.3. The third kappa shape index (κ3) is 3.28. The molecule has 1 heterocycles. The molecular weight excluding hydrogens is 415 g/mol. The highest BCUT2D eigenvalue weighted by Crippen LogP contribution is 2.38. The van der Waals surface area contributed by atoms with Crippen LogP contribution in [0.5, 0.6) is 0 Å². The van der Waals surface area contributed by atoms with Gasteiger partial charge in [-0.1, -0.05) is 54.6 Å². The minimum absolute atomic E-state index is 0.259. The number of nitrogens with zero attached hydrogens (tertiary/aromatic N) is 2. The van der Waals surface area contributed by atoms with Crippen molar-refractivity contribution in [2.75, 3.05) is 0 Å². The minimum atomic E-state index is -4.61. The fraction of sp³-hybridized carbons (Fsp3) is 0.0400. The number of nitrogens with two attached hydrogens (primary N) is 1. The Morgan fingerprint density at radius 3 is 2.25 bits per heavy atom. The molecule has 2 N–H and O–H groups in total. The lowest BCUT2D eigenvalue weighted by Crippen LogP contribution is -2.11. The van der Waals surface area contributed by atoms with E-state index in [0.29, 0.717) is 16.9 Å². The molecule has 0 aliphatic carbocycles. The topological polar surface area (TPSA) is 60.9 Å². The van der Waals surface area contributed by atoms with Gasteiger partial charge in [-0.25, -0.2) is 4.68 Å². The molecule has 4 nitrogen and oxygen atoms in total. The highest BCUT2D eigenvalue weighted by molar-refractivity contribution is 6.14. The lowest BCUT2D eigenvalue weighted by molar-refractivity contribution is -0.141. The number of carbonyl (C=O) groups is 1. The Morgan fingerprint density at radius 1 is 0.844 bits per heavy atom. The molecule has 0 aliphatic rings. The van der Waals surface area contributed by atoms with Crippen molar-refractivity contribution in [3.63, 3.8) is 0 Å². The van der Waals surface area contributed by atoms with Crippen LogP contribution in [0.2, 0.25) is 0 Å². The highest BCUT2D eigenvalue weighted by Gasteiger charge is 2.35. The second kappa shape index (κ2) is 7.23. The van der Waals surface area contributed by atoms with Gasteiger partial charge in [0.25, 0.3) is 0 Å². The summed E-state index contributed by atoms with van der Waals surface area (Å²) < 4.78 is 42.1. The number of hydrogen-bond acceptors (Lipinski definition) is 2. The molecular formula is C25H16F3N3O. The quantitative estimate of drug-likeness (QED) is 0.358. The van der Waals surface area contributed by atoms with Gasteiger partial charge >= 0.3 is 6.18 Å². The van der Waals surface area contributed by atoms with Crippen LogP contribution in [0.15, 0.2) is 84.9 Å². The summed E-state index contributed by atoms with van der Waals surface area (Å²) in [7, 11) is 0. The molecule has 0 saturated heterocycles. The molecule has 5 rings (SSSR count). The molecule has 158 valence electrons. The lowest BCUT2D eigenvalue weighted by atomic mass is 9.96. The van der Waals surface area contributed by atoms with Crippen LogP contribution in [0.1, 0.15) is 16.1 Å². The standard InChI is InChI=1S/C25H16F3N3O/c26-25(27,28)22-14-21(31(30-22)18-12-10-17(11-13-18)24(29)32)20-7-3-5-16-9-8-15-4-1-2-6-19(15)23(16)20/h1-14H,(H2,29,32). The second-order valence-electron chi connectivity index (χ2n) is 7.43. The van der Waals surface area contributed by atoms with Gasteiger partial charge in [-0.05, 0) is 51.9 Å². The molecule has 0 saturated carbocycles. The van der Waals surface area contributed by atoms with Gasteiger partial charge in [-0.2, -0.15) is 18.3 Å². The van der Waals surface area contributed by atoms with E-state index in [1.165, 1.54) is 28.9 Å². The van der Waals surface area contributed by atoms with Crippen molar-refractivity contribution in [3.05, 3.63) is 96.2 Å². The lowest BCUT2D eigenvalue weighted by Gasteiger charge is -2.12. The number of halogens is 3. The first-order valence-electron chi connectivity index (χ1n) is 9.81. The zero-order chi connectivity index (χ0) is 22.5. The molecule has 0 aliphatic heterocycles. The van der Waals surface area contributed by atoms with Gasteiger partial charge in [-0.15, -0.1) is 0 Å². The monoisotopic (exact) mass is 431 g/mol. The van der Waals surface area contributed by atoms with E-state index in [9.17, 15) is 18.0 Å². The zero-order valence-electron chi connectivity index (χ0n) is 16.6. The minimum Gasteiger partial charge on any atom is -0.366 e. The predicted molar refractivity (Wildman–Crippen MR) is 118 cm³/mol. The van der Waals surface area contributed by atoms with Crippen LogP contribution < -0.4 is 5.73 Å². The fourth-order valence-corrected chi connectivity index (χ4v) is 3.95. The molecule has 1 aromatic heterocycles. The summed E-state index contributed by atoms with van der Waals surface area (Å²) in [6.45, 7) is 0. The van der Waals surface area contributed by atoms with Gasteiger partial charge in [0, 0.05) is 11.1 Å². The molecule has 4 aromatic carbocycles. The van der Waals surface area contributed by atoms with Crippen LogP contribution >= 0.6 is 0 Å². The van der Waals surface area contributed by atoms with Crippen molar-refractivity contribution in [1.29, 1.82) is 0 Å². The molecule has 0 bridgehead atoms. The number of rotatable bonds is 3. The fourth-order valence-electron chi connectivity index (χ4n) is 3.95. The van der Waals surface area contributed by atoms with E-state index in [1.54, 1.807) is 6.07 Å². The third-order valence-corrected chi connectivity index (χ3v) is 5.44. The summed E-state index contributed by atoms with van der Waals surface area (Å²) in [6.07, 6.45) is -4.61. The zero-order valence-corrected chi connectivity index (χ0v) is 16.6. The molecule has 0 fully saturated rings. The van der Waals surface area contributed by atoms with E-state index in [4.69, 9.17) is 5.73 Å². The normalized spacial score (nSPS) is 11.8. The first kappa shape index (κ1) is 19.8. The molecule has 0 unspecified atom stereocenters. The Hall–Kier alpha value is -4.13. The third-order valence-electron chi connectivity index (χ3n) is 5.44. The highest BCUT2D eigenvalue weighted by atomic mass is 19.4. The van der Waals surface area contributed by atoms with E-state index >= 15 is 0 Å². The number of carbonyl (C=O) groups excluding carboxylic acids is 1. The summed E-state index contributed by atoms with van der Waals surface area (Å²) in [5.41, 5.74) is 5.86. The van der Waals surface area contributed by atoms with Gasteiger partial charge in [0.1, 0.15) is 0 Å². The van der Waals surface area contributed by atoms with Gasteiger partial charge in [-0.3, -0.25) is 4.79 Å². The average Bonchev–Trinajstić information content (AvgIpc) is 3.24. The first-order valence-corrected chi connectivity index (χ1v) is 9.81. The summed E-state index contributed by atoms with van der Waals surface area (Å²) in [4.78, 5) is 11.4. The number of aromatic nitrogens is 2. The number of hydrogen-bond donors (Lipinski definition) is 1. The van der Waals surface area contributed by atoms with Gasteiger partial charge < -0.3 is 5.73 Å². The van der Waals surface area contributed by atoms with E-state index in [2.05, 4.69) is 5.10 Å². The molecule has 0 atom stereocenters. The van der Waals surface area contributed by atoms with Crippen LogP contribution in [0.4, 0.5) is 13.2 Å². The molecule has 7 heteroatoms. The Balaban J connectivity index is 1.82. The predicted octanol–water partition coefficient (Wildman–Crippen LogP) is 5.96. The van der Waals surface area contributed by atoms with Crippen LogP contribution in [-0.2, 0) is 6.18 Å².